The number of halogens is 1. The molecule has 0 aliphatic heterocycles. The van der Waals surface area contributed by atoms with Gasteiger partial charge in [-0.1, -0.05) is 23.9 Å². The molecule has 138 valence electrons. The summed E-state index contributed by atoms with van der Waals surface area (Å²) < 4.78 is 21.7. The fourth-order valence-corrected chi connectivity index (χ4v) is 3.64. The maximum atomic E-state index is 14.3. The predicted octanol–water partition coefficient (Wildman–Crippen LogP) is 4.28. The second-order valence-electron chi connectivity index (χ2n) is 5.89. The SMILES string of the molecule is N#Cc1cccc(CSc2nnc(-c3cccnc3)n2Cc2ccco2)c1F. The lowest BCUT2D eigenvalue weighted by Gasteiger charge is -2.09. The van der Waals surface area contributed by atoms with E-state index in [-0.39, 0.29) is 5.56 Å². The van der Waals surface area contributed by atoms with Gasteiger partial charge in [-0.3, -0.25) is 9.55 Å². The van der Waals surface area contributed by atoms with Crippen LogP contribution in [0, 0.1) is 17.1 Å². The molecule has 3 heterocycles. The highest BCUT2D eigenvalue weighted by Crippen LogP contribution is 2.28. The van der Waals surface area contributed by atoms with Gasteiger partial charge in [0.25, 0.3) is 0 Å². The molecule has 3 aromatic heterocycles. The van der Waals surface area contributed by atoms with Crippen LogP contribution in [0.25, 0.3) is 11.4 Å². The zero-order valence-electron chi connectivity index (χ0n) is 14.6. The molecule has 4 rings (SSSR count). The summed E-state index contributed by atoms with van der Waals surface area (Å²) in [7, 11) is 0. The summed E-state index contributed by atoms with van der Waals surface area (Å²) in [5, 5.41) is 18.2. The molecule has 0 fully saturated rings. The Kier molecular flexibility index (Phi) is 5.17. The molecule has 0 aliphatic carbocycles. The first-order valence-electron chi connectivity index (χ1n) is 8.42. The molecule has 0 amide bonds. The van der Waals surface area contributed by atoms with Crippen LogP contribution in [0.15, 0.2) is 70.7 Å². The van der Waals surface area contributed by atoms with Crippen molar-refractivity contribution in [2.45, 2.75) is 17.5 Å². The van der Waals surface area contributed by atoms with Crippen molar-refractivity contribution in [2.75, 3.05) is 0 Å². The summed E-state index contributed by atoms with van der Waals surface area (Å²) in [6.07, 6.45) is 5.02. The third kappa shape index (κ3) is 3.66. The molecule has 0 unspecified atom stereocenters. The van der Waals surface area contributed by atoms with Gasteiger partial charge >= 0.3 is 0 Å². The van der Waals surface area contributed by atoms with Crippen LogP contribution in [0.4, 0.5) is 4.39 Å². The number of furan rings is 1. The van der Waals surface area contributed by atoms with E-state index in [1.165, 1.54) is 17.8 Å². The Balaban J connectivity index is 1.65. The maximum Gasteiger partial charge on any atom is 0.192 e. The van der Waals surface area contributed by atoms with Gasteiger partial charge in [-0.2, -0.15) is 5.26 Å². The largest absolute Gasteiger partial charge is 0.467 e. The van der Waals surface area contributed by atoms with E-state index in [0.717, 1.165) is 11.3 Å². The Bertz CT molecular complexity index is 1120. The van der Waals surface area contributed by atoms with E-state index in [1.807, 2.05) is 34.9 Å². The fraction of sp³-hybridized carbons (Fsp3) is 0.100. The molecule has 0 aliphatic rings. The first-order valence-corrected chi connectivity index (χ1v) is 9.41. The Hall–Kier alpha value is -3.44. The maximum absolute atomic E-state index is 14.3. The summed E-state index contributed by atoms with van der Waals surface area (Å²) in [6.45, 7) is 0.438. The van der Waals surface area contributed by atoms with E-state index < -0.39 is 5.82 Å². The second kappa shape index (κ2) is 8.06. The summed E-state index contributed by atoms with van der Waals surface area (Å²) in [5.74, 6) is 1.23. The highest BCUT2D eigenvalue weighted by molar-refractivity contribution is 7.98. The average Bonchev–Trinajstić information content (AvgIpc) is 3.38. The smallest absolute Gasteiger partial charge is 0.192 e. The van der Waals surface area contributed by atoms with Crippen molar-refractivity contribution in [1.29, 1.82) is 5.26 Å². The van der Waals surface area contributed by atoms with Gasteiger partial charge in [-0.25, -0.2) is 4.39 Å². The quantitative estimate of drug-likeness (QED) is 0.456. The van der Waals surface area contributed by atoms with Gasteiger partial charge in [0, 0.05) is 23.7 Å². The molecule has 1 aromatic carbocycles. The third-order valence-electron chi connectivity index (χ3n) is 4.09. The zero-order chi connectivity index (χ0) is 19.3. The first-order chi connectivity index (χ1) is 13.8. The molecule has 0 radical (unpaired) electrons. The molecule has 28 heavy (non-hydrogen) atoms. The number of nitriles is 1. The van der Waals surface area contributed by atoms with E-state index in [1.54, 1.807) is 30.8 Å². The molecule has 0 saturated carbocycles. The standard InChI is InChI=1S/C20H14FN5OS/c21-18-14(10-22)4-1-5-16(18)13-28-20-25-24-19(15-6-2-8-23-11-15)26(20)12-17-7-3-9-27-17/h1-9,11H,12-13H2. The van der Waals surface area contributed by atoms with Crippen molar-refractivity contribution in [3.05, 3.63) is 83.8 Å². The van der Waals surface area contributed by atoms with Crippen molar-refractivity contribution in [3.63, 3.8) is 0 Å². The van der Waals surface area contributed by atoms with Gasteiger partial charge in [0.1, 0.15) is 17.6 Å². The number of rotatable bonds is 6. The number of nitrogens with zero attached hydrogens (tertiary/aromatic N) is 5. The molecular formula is C20H14FN5OS. The molecule has 0 bridgehead atoms. The molecule has 0 atom stereocenters. The van der Waals surface area contributed by atoms with E-state index in [4.69, 9.17) is 9.68 Å². The minimum atomic E-state index is -0.498. The van der Waals surface area contributed by atoms with Crippen LogP contribution in [0.5, 0.6) is 0 Å². The lowest BCUT2D eigenvalue weighted by molar-refractivity contribution is 0.485. The predicted molar refractivity (Wildman–Crippen MR) is 102 cm³/mol. The zero-order valence-corrected chi connectivity index (χ0v) is 15.4. The van der Waals surface area contributed by atoms with Crippen LogP contribution in [-0.2, 0) is 12.3 Å². The van der Waals surface area contributed by atoms with Crippen molar-refractivity contribution in [1.82, 2.24) is 19.7 Å². The first kappa shape index (κ1) is 17.9. The van der Waals surface area contributed by atoms with Crippen LogP contribution in [0.1, 0.15) is 16.9 Å². The van der Waals surface area contributed by atoms with Gasteiger partial charge in [-0.05, 0) is 35.9 Å². The van der Waals surface area contributed by atoms with E-state index >= 15 is 0 Å². The van der Waals surface area contributed by atoms with Crippen molar-refractivity contribution < 1.29 is 8.81 Å². The molecule has 0 N–H and O–H groups in total. The molecule has 0 saturated heterocycles. The van der Waals surface area contributed by atoms with Crippen LogP contribution < -0.4 is 0 Å². The van der Waals surface area contributed by atoms with Gasteiger partial charge in [-0.15, -0.1) is 10.2 Å². The molecule has 4 aromatic rings. The number of hydrogen-bond donors (Lipinski definition) is 0. The third-order valence-corrected chi connectivity index (χ3v) is 5.10. The van der Waals surface area contributed by atoms with E-state index in [2.05, 4.69) is 15.2 Å². The highest BCUT2D eigenvalue weighted by atomic mass is 32.2. The van der Waals surface area contributed by atoms with Crippen molar-refractivity contribution in [3.8, 4) is 17.5 Å². The molecular weight excluding hydrogens is 377 g/mol. The lowest BCUT2D eigenvalue weighted by Crippen LogP contribution is -2.04. The van der Waals surface area contributed by atoms with Crippen LogP contribution >= 0.6 is 11.8 Å². The van der Waals surface area contributed by atoms with Crippen molar-refractivity contribution in [2.24, 2.45) is 0 Å². The van der Waals surface area contributed by atoms with Crippen molar-refractivity contribution >= 4 is 11.8 Å². The highest BCUT2D eigenvalue weighted by Gasteiger charge is 2.17. The second-order valence-corrected chi connectivity index (χ2v) is 6.84. The van der Waals surface area contributed by atoms with Gasteiger partial charge in [0.2, 0.25) is 0 Å². The number of benzene rings is 1. The molecule has 0 spiro atoms. The Labute approximate surface area is 164 Å². The lowest BCUT2D eigenvalue weighted by atomic mass is 10.1. The van der Waals surface area contributed by atoms with Gasteiger partial charge in [0.05, 0.1) is 18.4 Å². The number of thioether (sulfide) groups is 1. The van der Waals surface area contributed by atoms with Gasteiger partial charge in [0.15, 0.2) is 11.0 Å². The van der Waals surface area contributed by atoms with E-state index in [9.17, 15) is 4.39 Å². The fourth-order valence-electron chi connectivity index (χ4n) is 2.72. The Morgan fingerprint density at radius 1 is 1.14 bits per heavy atom. The van der Waals surface area contributed by atoms with Crippen LogP contribution in [-0.4, -0.2) is 19.7 Å². The number of pyridine rings is 1. The average molecular weight is 391 g/mol. The summed E-state index contributed by atoms with van der Waals surface area (Å²) in [4.78, 5) is 4.14. The van der Waals surface area contributed by atoms with Crippen LogP contribution in [0.2, 0.25) is 0 Å². The summed E-state index contributed by atoms with van der Waals surface area (Å²) >= 11 is 1.35. The normalized spacial score (nSPS) is 10.7. The Morgan fingerprint density at radius 3 is 2.82 bits per heavy atom. The minimum absolute atomic E-state index is 0.0335. The number of hydrogen-bond acceptors (Lipinski definition) is 6. The topological polar surface area (TPSA) is 80.5 Å². The Morgan fingerprint density at radius 2 is 2.07 bits per heavy atom. The van der Waals surface area contributed by atoms with Gasteiger partial charge < -0.3 is 4.42 Å². The van der Waals surface area contributed by atoms with Crippen LogP contribution in [0.3, 0.4) is 0 Å². The summed E-state index contributed by atoms with van der Waals surface area (Å²) in [5.41, 5.74) is 1.30. The monoisotopic (exact) mass is 391 g/mol. The minimum Gasteiger partial charge on any atom is -0.467 e. The molecule has 6 nitrogen and oxygen atoms in total. The number of aromatic nitrogens is 4. The molecule has 8 heteroatoms. The summed E-state index contributed by atoms with van der Waals surface area (Å²) in [6, 6.07) is 14.1. The van der Waals surface area contributed by atoms with E-state index in [0.29, 0.717) is 28.8 Å².